The van der Waals surface area contributed by atoms with Gasteiger partial charge in [-0.05, 0) is 125 Å². The van der Waals surface area contributed by atoms with Crippen LogP contribution in [0, 0.1) is 6.65 Å². The van der Waals surface area contributed by atoms with Gasteiger partial charge in [-0.15, -0.1) is 0 Å². The molecule has 0 aromatic rings. The SMILES string of the molecule is C1CCC(P(C2CCCCC2)C2CCCCC2)CC1.C1CCC(P(C2CCCCC2)C2CCCCC2)CC1.CC(C)O.CC(N)=O.[C-]#[O+].[RuH]. The van der Waals surface area contributed by atoms with E-state index in [2.05, 4.69) is 12.4 Å². The first-order chi connectivity index (χ1) is 23.4. The van der Waals surface area contributed by atoms with Crippen molar-refractivity contribution in [3.63, 3.8) is 0 Å². The van der Waals surface area contributed by atoms with Gasteiger partial charge in [0.05, 0.1) is 0 Å². The third-order valence-corrected chi connectivity index (χ3v) is 20.1. The third-order valence-electron chi connectivity index (χ3n) is 12.0. The zero-order chi connectivity index (χ0) is 35.0. The summed E-state index contributed by atoms with van der Waals surface area (Å²) in [6, 6.07) is 0. The molecule has 6 aliphatic carbocycles. The van der Waals surface area contributed by atoms with Crippen molar-refractivity contribution in [1.82, 2.24) is 0 Å². The van der Waals surface area contributed by atoms with Gasteiger partial charge in [0.1, 0.15) is 0 Å². The molecule has 0 bridgehead atoms. The van der Waals surface area contributed by atoms with Crippen LogP contribution < -0.4 is 5.73 Å². The van der Waals surface area contributed by atoms with E-state index in [9.17, 15) is 4.79 Å². The van der Waals surface area contributed by atoms with Crippen molar-refractivity contribution < 1.29 is 34.0 Å². The third kappa shape index (κ3) is 20.1. The monoisotopic (exact) mass is 810 g/mol. The minimum absolute atomic E-state index is 0. The van der Waals surface area contributed by atoms with Crippen LogP contribution in [0.4, 0.5) is 0 Å². The van der Waals surface area contributed by atoms with Crippen LogP contribution in [-0.2, 0) is 28.9 Å². The number of nitrogens with two attached hydrogens (primary N) is 1. The van der Waals surface area contributed by atoms with Crippen molar-refractivity contribution in [3.8, 4) is 0 Å². The Hall–Kier alpha value is 0.653. The molecule has 0 aromatic heterocycles. The number of hydrogen-bond acceptors (Lipinski definition) is 2. The van der Waals surface area contributed by atoms with Crippen LogP contribution in [-0.4, -0.2) is 51.1 Å². The first kappa shape index (κ1) is 47.7. The fourth-order valence-electron chi connectivity index (χ4n) is 10.1. The summed E-state index contributed by atoms with van der Waals surface area (Å²) in [5.74, 6) is -0.333. The molecule has 6 rings (SSSR count). The first-order valence-corrected chi connectivity index (χ1v) is 24.2. The van der Waals surface area contributed by atoms with Gasteiger partial charge in [-0.3, -0.25) is 4.79 Å². The van der Waals surface area contributed by atoms with Crippen molar-refractivity contribution in [3.05, 3.63) is 6.65 Å². The van der Waals surface area contributed by atoms with Gasteiger partial charge < -0.3 is 10.8 Å². The van der Waals surface area contributed by atoms with Crippen molar-refractivity contribution in [1.29, 1.82) is 0 Å². The molecule has 0 heterocycles. The standard InChI is InChI=1S/2C18H33P.C3H8O.C2H5NO.CO.Ru.H/c2*1-4-10-16(11-5-1)19(17-12-6-2-7-13-17)18-14-8-3-9-15-18;1-3(2)4;1-2(3)4;1-2;;/h2*16-18H,1-15H2;3-4H,1-2H3;1H3,(H2,3,4);;;. The predicted molar refractivity (Wildman–Crippen MR) is 213 cm³/mol. The molecule has 0 radical (unpaired) electrons. The van der Waals surface area contributed by atoms with E-state index in [1.807, 2.05) is 0 Å². The fraction of sp³-hybridized carbons (Fsp3) is 0.952. The van der Waals surface area contributed by atoms with Gasteiger partial charge in [0, 0.05) is 13.0 Å². The molecular formula is C42H80NO3P2Ru. The van der Waals surface area contributed by atoms with E-state index in [1.165, 1.54) is 79.4 Å². The number of carbonyl (C=O) groups excluding carboxylic acids is 1. The Morgan fingerprint density at radius 3 is 0.694 bits per heavy atom. The van der Waals surface area contributed by atoms with Crippen molar-refractivity contribution in [2.24, 2.45) is 5.73 Å². The molecule has 6 aliphatic rings. The van der Waals surface area contributed by atoms with Gasteiger partial charge in [-0.25, -0.2) is 0 Å². The number of rotatable bonds is 6. The first-order valence-electron chi connectivity index (χ1n) is 21.1. The Labute approximate surface area is 320 Å². The second-order valence-electron chi connectivity index (χ2n) is 16.3. The quantitative estimate of drug-likeness (QED) is 0.121. The van der Waals surface area contributed by atoms with Crippen LogP contribution in [0.25, 0.3) is 0 Å². The van der Waals surface area contributed by atoms with E-state index >= 15 is 0 Å². The molecule has 49 heavy (non-hydrogen) atoms. The molecule has 0 unspecified atom stereocenters. The van der Waals surface area contributed by atoms with Gasteiger partial charge in [0.15, 0.2) is 0 Å². The summed E-state index contributed by atoms with van der Waals surface area (Å²) in [4.78, 5) is 9.22. The summed E-state index contributed by atoms with van der Waals surface area (Å²) >= 11 is 0. The molecular weight excluding hydrogens is 729 g/mol. The van der Waals surface area contributed by atoms with Crippen LogP contribution in [0.5, 0.6) is 0 Å². The van der Waals surface area contributed by atoms with Gasteiger partial charge >= 0.3 is 30.8 Å². The summed E-state index contributed by atoms with van der Waals surface area (Å²) < 4.78 is 7.50. The molecule has 289 valence electrons. The molecule has 6 fully saturated rings. The summed E-state index contributed by atoms with van der Waals surface area (Å²) in [7, 11) is 0.770. The number of hydrogen-bond donors (Lipinski definition) is 2. The van der Waals surface area contributed by atoms with E-state index in [1.54, 1.807) is 168 Å². The molecule has 0 aliphatic heterocycles. The van der Waals surface area contributed by atoms with E-state index < -0.39 is 0 Å². The Bertz CT molecular complexity index is 647. The Morgan fingerprint density at radius 2 is 0.592 bits per heavy atom. The summed E-state index contributed by atoms with van der Waals surface area (Å²) in [6.07, 6.45) is 47.1. The van der Waals surface area contributed by atoms with Crippen LogP contribution >= 0.6 is 15.8 Å². The van der Waals surface area contributed by atoms with Crippen LogP contribution in [0.1, 0.15) is 213 Å². The Morgan fingerprint density at radius 1 is 0.490 bits per heavy atom. The molecule has 4 nitrogen and oxygen atoms in total. The molecule has 0 spiro atoms. The molecule has 0 aromatic carbocycles. The number of primary amides is 1. The molecule has 1 amide bonds. The molecule has 0 saturated heterocycles. The topological polar surface area (TPSA) is 83.2 Å². The normalized spacial score (nSPS) is 23.7. The Balaban J connectivity index is 0.000000381. The van der Waals surface area contributed by atoms with Gasteiger partial charge in [0.2, 0.25) is 5.91 Å². The van der Waals surface area contributed by atoms with Crippen molar-refractivity contribution >= 4 is 21.8 Å². The minimum atomic E-state index is -0.333. The maximum absolute atomic E-state index is 9.22. The predicted octanol–water partition coefficient (Wildman–Crippen LogP) is 12.5. The van der Waals surface area contributed by atoms with E-state index in [-0.39, 0.29) is 31.5 Å². The second kappa shape index (κ2) is 30.0. The number of amides is 1. The molecule has 7 heteroatoms. The zero-order valence-electron chi connectivity index (χ0n) is 32.4. The number of aliphatic hydroxyl groups excluding tert-OH is 1. The van der Waals surface area contributed by atoms with Crippen molar-refractivity contribution in [2.75, 3.05) is 0 Å². The summed E-state index contributed by atoms with van der Waals surface area (Å²) in [5, 5.41) is 8.06. The van der Waals surface area contributed by atoms with Crippen LogP contribution in [0.15, 0.2) is 0 Å². The van der Waals surface area contributed by atoms with E-state index in [4.69, 9.17) is 9.76 Å². The number of aliphatic hydroxyl groups is 1. The van der Waals surface area contributed by atoms with Gasteiger partial charge in [-0.1, -0.05) is 131 Å². The summed E-state index contributed by atoms with van der Waals surface area (Å²) in [5.41, 5.74) is 11.6. The average molecular weight is 810 g/mol. The van der Waals surface area contributed by atoms with Crippen LogP contribution in [0.3, 0.4) is 0 Å². The fourth-order valence-corrected chi connectivity index (χ4v) is 19.4. The van der Waals surface area contributed by atoms with Crippen LogP contribution in [0.2, 0.25) is 0 Å². The average Bonchev–Trinajstić information content (AvgIpc) is 3.12. The van der Waals surface area contributed by atoms with E-state index in [0.717, 1.165) is 0 Å². The van der Waals surface area contributed by atoms with Gasteiger partial charge in [-0.2, -0.15) is 0 Å². The maximum atomic E-state index is 9.22. The van der Waals surface area contributed by atoms with E-state index in [0.29, 0.717) is 15.8 Å². The van der Waals surface area contributed by atoms with Gasteiger partial charge in [0.25, 0.3) is 0 Å². The Kier molecular flexibility index (Phi) is 29.2. The van der Waals surface area contributed by atoms with Crippen molar-refractivity contribution in [2.45, 2.75) is 253 Å². The zero-order valence-corrected chi connectivity index (χ0v) is 36.0. The molecule has 3 N–H and O–H groups in total. The second-order valence-corrected chi connectivity index (χ2v) is 22.5. The number of carbonyl (C=O) groups is 1. The molecule has 0 atom stereocenters. The summed E-state index contributed by atoms with van der Waals surface area (Å²) in [6.45, 7) is 9.25. The molecule has 6 saturated carbocycles.